The number of hydrogen-bond donors (Lipinski definition) is 1. The minimum absolute atomic E-state index is 0.0923. The van der Waals surface area contributed by atoms with Crippen molar-refractivity contribution in [2.24, 2.45) is 0 Å². The molecule has 104 valence electrons. The van der Waals surface area contributed by atoms with Crippen LogP contribution in [0.2, 0.25) is 0 Å². The van der Waals surface area contributed by atoms with Gasteiger partial charge in [0.25, 0.3) is 0 Å². The average Bonchev–Trinajstić information content (AvgIpc) is 2.84. The highest BCUT2D eigenvalue weighted by Crippen LogP contribution is 2.24. The van der Waals surface area contributed by atoms with Crippen molar-refractivity contribution in [2.45, 2.75) is 6.42 Å². The van der Waals surface area contributed by atoms with E-state index in [1.54, 1.807) is 29.5 Å². The first-order valence-corrected chi connectivity index (χ1v) is 8.10. The van der Waals surface area contributed by atoms with E-state index < -0.39 is 0 Å². The number of ketones is 1. The lowest BCUT2D eigenvalue weighted by Gasteiger charge is -2.04. The van der Waals surface area contributed by atoms with Gasteiger partial charge in [-0.3, -0.25) is 4.79 Å². The van der Waals surface area contributed by atoms with Crippen molar-refractivity contribution in [1.29, 1.82) is 0 Å². The Hall–Kier alpha value is -1.10. The number of rotatable bonds is 5. The highest BCUT2D eigenvalue weighted by atomic mass is 79.9. The fraction of sp³-hybridized carbons (Fsp3) is 0.133. The van der Waals surface area contributed by atoms with Crippen LogP contribution in [0.1, 0.15) is 20.8 Å². The first-order valence-electron chi connectivity index (χ1n) is 5.96. The van der Waals surface area contributed by atoms with Crippen LogP contribution in [0.3, 0.4) is 0 Å². The number of thiophene rings is 1. The number of carbonyl (C=O) groups is 1. The van der Waals surface area contributed by atoms with Crippen molar-refractivity contribution in [2.75, 3.05) is 5.88 Å². The second kappa shape index (κ2) is 7.07. The Morgan fingerprint density at radius 1 is 1.35 bits per heavy atom. The number of benzene rings is 1. The van der Waals surface area contributed by atoms with Crippen molar-refractivity contribution < 1.29 is 9.90 Å². The third-order valence-electron chi connectivity index (χ3n) is 2.72. The molecular formula is C15H12BrClO2S. The van der Waals surface area contributed by atoms with Gasteiger partial charge in [0.15, 0.2) is 5.78 Å². The number of phenolic OH excluding ortho intramolecular Hbond substituents is 1. The van der Waals surface area contributed by atoms with E-state index in [0.29, 0.717) is 23.4 Å². The standard InChI is InChI=1S/C15H12BrClO2S/c16-15-6-3-12(20-15)2-5-14(19)10-1-4-13(18)11(9-10)7-8-17/h1-6,9,18H,7-8H2/b5-2+. The lowest BCUT2D eigenvalue weighted by atomic mass is 10.0. The quantitative estimate of drug-likeness (QED) is 0.461. The molecule has 1 aromatic carbocycles. The Morgan fingerprint density at radius 3 is 2.80 bits per heavy atom. The van der Waals surface area contributed by atoms with Gasteiger partial charge in [0, 0.05) is 16.3 Å². The summed E-state index contributed by atoms with van der Waals surface area (Å²) in [6, 6.07) is 8.71. The topological polar surface area (TPSA) is 37.3 Å². The van der Waals surface area contributed by atoms with Crippen LogP contribution in [0.4, 0.5) is 0 Å². The Morgan fingerprint density at radius 2 is 2.15 bits per heavy atom. The lowest BCUT2D eigenvalue weighted by molar-refractivity contribution is 0.104. The van der Waals surface area contributed by atoms with Crippen molar-refractivity contribution in [3.8, 4) is 5.75 Å². The Kier molecular flexibility index (Phi) is 5.40. The molecule has 20 heavy (non-hydrogen) atoms. The average molecular weight is 372 g/mol. The smallest absolute Gasteiger partial charge is 0.185 e. The van der Waals surface area contributed by atoms with Gasteiger partial charge >= 0.3 is 0 Å². The van der Waals surface area contributed by atoms with E-state index in [9.17, 15) is 9.90 Å². The summed E-state index contributed by atoms with van der Waals surface area (Å²) >= 11 is 10.6. The van der Waals surface area contributed by atoms with Gasteiger partial charge in [-0.1, -0.05) is 0 Å². The maximum absolute atomic E-state index is 12.1. The van der Waals surface area contributed by atoms with Crippen LogP contribution >= 0.6 is 38.9 Å². The molecule has 2 aromatic rings. The zero-order valence-corrected chi connectivity index (χ0v) is 13.6. The second-order valence-corrected chi connectivity index (χ2v) is 6.99. The minimum atomic E-state index is -0.0923. The van der Waals surface area contributed by atoms with E-state index in [2.05, 4.69) is 15.9 Å². The molecule has 0 aliphatic carbocycles. The van der Waals surface area contributed by atoms with Gasteiger partial charge in [-0.25, -0.2) is 0 Å². The first kappa shape index (κ1) is 15.3. The van der Waals surface area contributed by atoms with E-state index >= 15 is 0 Å². The summed E-state index contributed by atoms with van der Waals surface area (Å²) in [5.41, 5.74) is 1.24. The molecule has 2 nitrogen and oxygen atoms in total. The number of alkyl halides is 1. The third kappa shape index (κ3) is 3.95. The molecule has 0 unspecified atom stereocenters. The molecule has 0 saturated carbocycles. The van der Waals surface area contributed by atoms with E-state index in [-0.39, 0.29) is 11.5 Å². The van der Waals surface area contributed by atoms with Crippen molar-refractivity contribution in [3.05, 3.63) is 56.2 Å². The molecule has 2 rings (SSSR count). The Bertz CT molecular complexity index is 649. The maximum atomic E-state index is 12.1. The van der Waals surface area contributed by atoms with Gasteiger partial charge in [0.1, 0.15) is 5.75 Å². The normalized spacial score (nSPS) is 11.1. The van der Waals surface area contributed by atoms with E-state index in [1.807, 2.05) is 12.1 Å². The summed E-state index contributed by atoms with van der Waals surface area (Å²) < 4.78 is 1.03. The number of allylic oxidation sites excluding steroid dienone is 1. The van der Waals surface area contributed by atoms with Crippen LogP contribution < -0.4 is 0 Å². The predicted octanol–water partition coefficient (Wildman–Crippen LogP) is 4.89. The van der Waals surface area contributed by atoms with Gasteiger partial charge in [-0.05, 0) is 70.4 Å². The molecule has 0 fully saturated rings. The zero-order chi connectivity index (χ0) is 14.5. The molecule has 0 saturated heterocycles. The molecule has 0 amide bonds. The number of halogens is 2. The Labute approximate surface area is 134 Å². The largest absolute Gasteiger partial charge is 0.508 e. The molecule has 0 aliphatic rings. The zero-order valence-electron chi connectivity index (χ0n) is 10.5. The van der Waals surface area contributed by atoms with Gasteiger partial charge in [-0.2, -0.15) is 0 Å². The monoisotopic (exact) mass is 370 g/mol. The van der Waals surface area contributed by atoms with E-state index in [4.69, 9.17) is 11.6 Å². The van der Waals surface area contributed by atoms with Crippen molar-refractivity contribution in [3.63, 3.8) is 0 Å². The van der Waals surface area contributed by atoms with Gasteiger partial charge in [0.05, 0.1) is 3.79 Å². The predicted molar refractivity (Wildman–Crippen MR) is 87.9 cm³/mol. The summed E-state index contributed by atoms with van der Waals surface area (Å²) in [6.07, 6.45) is 3.86. The molecule has 0 aliphatic heterocycles. The van der Waals surface area contributed by atoms with Crippen LogP contribution in [0.15, 0.2) is 40.2 Å². The SMILES string of the molecule is O=C(/C=C/c1ccc(Br)s1)c1ccc(O)c(CCCl)c1. The van der Waals surface area contributed by atoms with Crippen molar-refractivity contribution >= 4 is 50.7 Å². The lowest BCUT2D eigenvalue weighted by Crippen LogP contribution is -1.97. The van der Waals surface area contributed by atoms with Crippen LogP contribution in [0.5, 0.6) is 5.75 Å². The molecule has 1 aromatic heterocycles. The maximum Gasteiger partial charge on any atom is 0.185 e. The van der Waals surface area contributed by atoms with Gasteiger partial charge < -0.3 is 5.11 Å². The molecular weight excluding hydrogens is 360 g/mol. The fourth-order valence-electron chi connectivity index (χ4n) is 1.71. The van der Waals surface area contributed by atoms with E-state index in [1.165, 1.54) is 12.1 Å². The summed E-state index contributed by atoms with van der Waals surface area (Å²) in [5.74, 6) is 0.489. The molecule has 0 bridgehead atoms. The highest BCUT2D eigenvalue weighted by Gasteiger charge is 2.07. The molecule has 0 spiro atoms. The number of phenols is 1. The second-order valence-electron chi connectivity index (χ2n) is 4.12. The fourth-order valence-corrected chi connectivity index (χ4v) is 3.24. The van der Waals surface area contributed by atoms with Gasteiger partial charge in [0.2, 0.25) is 0 Å². The van der Waals surface area contributed by atoms with Gasteiger partial charge in [-0.15, -0.1) is 22.9 Å². The van der Waals surface area contributed by atoms with Crippen LogP contribution in [0.25, 0.3) is 6.08 Å². The van der Waals surface area contributed by atoms with Crippen molar-refractivity contribution in [1.82, 2.24) is 0 Å². The summed E-state index contributed by atoms with van der Waals surface area (Å²) in [6.45, 7) is 0. The van der Waals surface area contributed by atoms with Crippen LogP contribution in [-0.2, 0) is 6.42 Å². The summed E-state index contributed by atoms with van der Waals surface area (Å²) in [7, 11) is 0. The molecule has 0 atom stereocenters. The van der Waals surface area contributed by atoms with Crippen LogP contribution in [0, 0.1) is 0 Å². The molecule has 0 radical (unpaired) electrons. The molecule has 1 heterocycles. The first-order chi connectivity index (χ1) is 9.60. The summed E-state index contributed by atoms with van der Waals surface area (Å²) in [5, 5.41) is 9.67. The summed E-state index contributed by atoms with van der Waals surface area (Å²) in [4.78, 5) is 13.1. The van der Waals surface area contributed by atoms with Crippen LogP contribution in [-0.4, -0.2) is 16.8 Å². The molecule has 1 N–H and O–H groups in total. The number of aromatic hydroxyl groups is 1. The highest BCUT2D eigenvalue weighted by molar-refractivity contribution is 9.11. The minimum Gasteiger partial charge on any atom is -0.508 e. The molecule has 5 heteroatoms. The number of carbonyl (C=O) groups excluding carboxylic acids is 1. The number of aryl methyl sites for hydroxylation is 1. The third-order valence-corrected chi connectivity index (χ3v) is 4.50. The van der Waals surface area contributed by atoms with E-state index in [0.717, 1.165) is 8.66 Å². The number of hydrogen-bond acceptors (Lipinski definition) is 3. The Balaban J connectivity index is 2.16.